The maximum absolute atomic E-state index is 12.3. The van der Waals surface area contributed by atoms with Crippen LogP contribution >= 0.6 is 0 Å². The number of ether oxygens (including phenoxy) is 4. The molecule has 0 bridgehead atoms. The Morgan fingerprint density at radius 2 is 1.54 bits per heavy atom. The molecule has 0 saturated heterocycles. The zero-order chi connectivity index (χ0) is 25.2. The van der Waals surface area contributed by atoms with Gasteiger partial charge in [-0.15, -0.1) is 4.98 Å². The molecule has 180 valence electrons. The Morgan fingerprint density at radius 1 is 0.943 bits per heavy atom. The summed E-state index contributed by atoms with van der Waals surface area (Å²) in [5.41, 5.74) is 0.906. The van der Waals surface area contributed by atoms with Gasteiger partial charge in [0.1, 0.15) is 23.1 Å². The highest BCUT2D eigenvalue weighted by Gasteiger charge is 2.20. The van der Waals surface area contributed by atoms with E-state index in [9.17, 15) is 10.1 Å². The lowest BCUT2D eigenvalue weighted by atomic mass is 10.1. The fourth-order valence-corrected chi connectivity index (χ4v) is 3.14. The second kappa shape index (κ2) is 12.0. The highest BCUT2D eigenvalue weighted by Crippen LogP contribution is 2.32. The third-order valence-corrected chi connectivity index (χ3v) is 4.86. The topological polar surface area (TPSA) is 120 Å². The van der Waals surface area contributed by atoms with E-state index in [1.807, 2.05) is 18.7 Å². The summed E-state index contributed by atoms with van der Waals surface area (Å²) in [6.45, 7) is 5.20. The van der Waals surface area contributed by atoms with Gasteiger partial charge in [0, 0.05) is 18.7 Å². The van der Waals surface area contributed by atoms with Gasteiger partial charge in [0.05, 0.1) is 26.0 Å². The van der Waals surface area contributed by atoms with E-state index in [0.29, 0.717) is 41.7 Å². The number of benzene rings is 2. The molecule has 0 unspecified atom stereocenters. The van der Waals surface area contributed by atoms with Crippen LogP contribution in [0.5, 0.6) is 23.5 Å². The third-order valence-electron chi connectivity index (χ3n) is 4.86. The van der Waals surface area contributed by atoms with Crippen molar-refractivity contribution in [3.8, 4) is 29.6 Å². The van der Waals surface area contributed by atoms with Crippen LogP contribution in [0.3, 0.4) is 0 Å². The Labute approximate surface area is 203 Å². The first-order valence-electron chi connectivity index (χ1n) is 10.8. The van der Waals surface area contributed by atoms with Crippen molar-refractivity contribution in [2.75, 3.05) is 32.2 Å². The quantitative estimate of drug-likeness (QED) is 0.238. The molecular weight excluding hydrogens is 450 g/mol. The standard InChI is InChI=1S/C25H25N5O5/c1-5-30(6-2)23-27-24(34-20-13-9-7-11-17(20)15-26)29-25(28-23)35-21-14-10-8-12-18(21)19(16-32-3)22(31)33-4/h7-14,16H,5-6H2,1-4H3/b19-16+. The number of para-hydroxylation sites is 2. The minimum Gasteiger partial charge on any atom is -0.503 e. The molecule has 0 amide bonds. The molecule has 1 heterocycles. The molecule has 1 aromatic heterocycles. The van der Waals surface area contributed by atoms with E-state index in [2.05, 4.69) is 21.0 Å². The molecule has 2 aromatic carbocycles. The molecule has 0 spiro atoms. The number of aromatic nitrogens is 3. The number of hydrogen-bond acceptors (Lipinski definition) is 10. The number of hydrogen-bond donors (Lipinski definition) is 0. The fraction of sp³-hybridized carbons (Fsp3) is 0.240. The number of rotatable bonds is 10. The van der Waals surface area contributed by atoms with Crippen molar-refractivity contribution in [3.63, 3.8) is 0 Å². The summed E-state index contributed by atoms with van der Waals surface area (Å²) in [4.78, 5) is 27.4. The van der Waals surface area contributed by atoms with Crippen molar-refractivity contribution >= 4 is 17.5 Å². The highest BCUT2D eigenvalue weighted by atomic mass is 16.5. The van der Waals surface area contributed by atoms with Crippen LogP contribution in [0.15, 0.2) is 54.8 Å². The van der Waals surface area contributed by atoms with Crippen LogP contribution in [0.25, 0.3) is 5.57 Å². The molecular formula is C25H25N5O5. The van der Waals surface area contributed by atoms with Crippen molar-refractivity contribution < 1.29 is 23.7 Å². The summed E-state index contributed by atoms with van der Waals surface area (Å²) < 4.78 is 21.8. The predicted molar refractivity (Wildman–Crippen MR) is 128 cm³/mol. The predicted octanol–water partition coefficient (Wildman–Crippen LogP) is 4.33. The van der Waals surface area contributed by atoms with Crippen molar-refractivity contribution in [2.45, 2.75) is 13.8 Å². The van der Waals surface area contributed by atoms with Gasteiger partial charge >= 0.3 is 18.0 Å². The van der Waals surface area contributed by atoms with E-state index in [1.54, 1.807) is 48.5 Å². The number of nitriles is 1. The summed E-state index contributed by atoms with van der Waals surface area (Å²) in [5.74, 6) is 0.331. The van der Waals surface area contributed by atoms with Gasteiger partial charge in [0.25, 0.3) is 0 Å². The normalized spacial score (nSPS) is 10.8. The first-order chi connectivity index (χ1) is 17.0. The largest absolute Gasteiger partial charge is 0.503 e. The number of nitrogens with zero attached hydrogens (tertiary/aromatic N) is 5. The number of anilines is 1. The zero-order valence-electron chi connectivity index (χ0n) is 19.9. The molecule has 35 heavy (non-hydrogen) atoms. The van der Waals surface area contributed by atoms with Crippen LogP contribution in [0, 0.1) is 11.3 Å². The second-order valence-corrected chi connectivity index (χ2v) is 6.94. The number of carbonyl (C=O) groups is 1. The van der Waals surface area contributed by atoms with Gasteiger partial charge in [0.2, 0.25) is 5.95 Å². The molecule has 0 fully saturated rings. The van der Waals surface area contributed by atoms with E-state index in [4.69, 9.17) is 18.9 Å². The smallest absolute Gasteiger partial charge is 0.341 e. The number of carbonyl (C=O) groups excluding carboxylic acids is 1. The van der Waals surface area contributed by atoms with Crippen LogP contribution in [0.2, 0.25) is 0 Å². The van der Waals surface area contributed by atoms with Crippen molar-refractivity contribution in [1.29, 1.82) is 5.26 Å². The second-order valence-electron chi connectivity index (χ2n) is 6.94. The Morgan fingerprint density at radius 3 is 2.14 bits per heavy atom. The minimum absolute atomic E-state index is 0.0438. The molecule has 0 atom stereocenters. The lowest BCUT2D eigenvalue weighted by Crippen LogP contribution is -2.24. The molecule has 0 N–H and O–H groups in total. The van der Waals surface area contributed by atoms with Gasteiger partial charge in [-0.3, -0.25) is 0 Å². The molecule has 10 nitrogen and oxygen atoms in total. The Balaban J connectivity index is 2.06. The highest BCUT2D eigenvalue weighted by molar-refractivity contribution is 6.17. The zero-order valence-corrected chi connectivity index (χ0v) is 19.9. The van der Waals surface area contributed by atoms with Gasteiger partial charge in [-0.2, -0.15) is 15.2 Å². The van der Waals surface area contributed by atoms with Crippen molar-refractivity contribution in [3.05, 3.63) is 65.9 Å². The fourth-order valence-electron chi connectivity index (χ4n) is 3.14. The summed E-state index contributed by atoms with van der Waals surface area (Å²) >= 11 is 0. The molecule has 0 aliphatic heterocycles. The minimum atomic E-state index is -0.598. The van der Waals surface area contributed by atoms with E-state index in [1.165, 1.54) is 20.5 Å². The van der Waals surface area contributed by atoms with Crippen LogP contribution in [-0.4, -0.2) is 48.2 Å². The summed E-state index contributed by atoms with van der Waals surface area (Å²) in [7, 11) is 2.71. The van der Waals surface area contributed by atoms with E-state index < -0.39 is 5.97 Å². The van der Waals surface area contributed by atoms with Gasteiger partial charge in [-0.05, 0) is 32.0 Å². The summed E-state index contributed by atoms with van der Waals surface area (Å²) in [5, 5.41) is 9.39. The molecule has 0 saturated carbocycles. The Kier molecular flexibility index (Phi) is 8.56. The lowest BCUT2D eigenvalue weighted by Gasteiger charge is -2.19. The first kappa shape index (κ1) is 25.0. The average Bonchev–Trinajstić information content (AvgIpc) is 2.88. The summed E-state index contributed by atoms with van der Waals surface area (Å²) in [6.07, 6.45) is 1.27. The average molecular weight is 476 g/mol. The van der Waals surface area contributed by atoms with Crippen LogP contribution < -0.4 is 14.4 Å². The molecule has 0 aliphatic rings. The van der Waals surface area contributed by atoms with E-state index in [0.717, 1.165) is 0 Å². The molecule has 10 heteroatoms. The maximum atomic E-state index is 12.3. The van der Waals surface area contributed by atoms with Crippen LogP contribution in [0.1, 0.15) is 25.0 Å². The molecule has 0 radical (unpaired) electrons. The third kappa shape index (κ3) is 6.03. The van der Waals surface area contributed by atoms with E-state index in [-0.39, 0.29) is 17.6 Å². The Bertz CT molecular complexity index is 1250. The van der Waals surface area contributed by atoms with Gasteiger partial charge < -0.3 is 23.8 Å². The monoisotopic (exact) mass is 475 g/mol. The Hall–Kier alpha value is -4.65. The van der Waals surface area contributed by atoms with Crippen molar-refractivity contribution in [1.82, 2.24) is 15.0 Å². The molecule has 3 aromatic rings. The SMILES string of the molecule is CCN(CC)c1nc(Oc2ccccc2C#N)nc(Oc2ccccc2/C(=C\OC)C(=O)OC)n1. The van der Waals surface area contributed by atoms with Gasteiger partial charge in [-0.25, -0.2) is 4.79 Å². The first-order valence-corrected chi connectivity index (χ1v) is 10.8. The summed E-state index contributed by atoms with van der Waals surface area (Å²) in [6, 6.07) is 15.6. The van der Waals surface area contributed by atoms with Crippen molar-refractivity contribution in [2.24, 2.45) is 0 Å². The number of esters is 1. The lowest BCUT2D eigenvalue weighted by molar-refractivity contribution is -0.133. The maximum Gasteiger partial charge on any atom is 0.341 e. The number of methoxy groups -OCH3 is 2. The van der Waals surface area contributed by atoms with Crippen LogP contribution in [0.4, 0.5) is 5.95 Å². The molecule has 0 aliphatic carbocycles. The van der Waals surface area contributed by atoms with Gasteiger partial charge in [-0.1, -0.05) is 30.3 Å². The van der Waals surface area contributed by atoms with E-state index >= 15 is 0 Å². The van der Waals surface area contributed by atoms with Gasteiger partial charge in [0.15, 0.2) is 0 Å². The molecule has 3 rings (SSSR count). The van der Waals surface area contributed by atoms with Crippen LogP contribution in [-0.2, 0) is 14.3 Å².